The molecule has 0 fully saturated rings. The summed E-state index contributed by atoms with van der Waals surface area (Å²) in [6.45, 7) is 2.37. The third-order valence-corrected chi connectivity index (χ3v) is 5.09. The number of halogens is 1. The number of para-hydroxylation sites is 2. The molecule has 0 saturated heterocycles. The molecule has 6 nitrogen and oxygen atoms in total. The van der Waals surface area contributed by atoms with Crippen molar-refractivity contribution >= 4 is 33.4 Å². The van der Waals surface area contributed by atoms with Crippen molar-refractivity contribution in [3.63, 3.8) is 0 Å². The fourth-order valence-electron chi connectivity index (χ4n) is 2.88. The lowest BCUT2D eigenvalue weighted by atomic mass is 10.2. The van der Waals surface area contributed by atoms with Crippen LogP contribution < -0.4 is 20.1 Å². The van der Waals surface area contributed by atoms with Gasteiger partial charge in [-0.05, 0) is 42.3 Å². The molecule has 3 rings (SSSR count). The second kappa shape index (κ2) is 11.9. The number of ether oxygens (including phenoxy) is 2. The van der Waals surface area contributed by atoms with Crippen LogP contribution in [-0.4, -0.2) is 25.0 Å². The maximum atomic E-state index is 12.1. The van der Waals surface area contributed by atoms with Crippen LogP contribution in [0.4, 0.5) is 5.69 Å². The van der Waals surface area contributed by atoms with Crippen molar-refractivity contribution < 1.29 is 19.1 Å². The van der Waals surface area contributed by atoms with E-state index in [0.717, 1.165) is 21.3 Å². The Hall–Kier alpha value is -3.32. The molecule has 0 saturated carbocycles. The third-order valence-electron chi connectivity index (χ3n) is 4.59. The van der Waals surface area contributed by atoms with E-state index in [1.807, 2.05) is 67.6 Å². The molecule has 0 aliphatic carbocycles. The van der Waals surface area contributed by atoms with Gasteiger partial charge in [0.05, 0.1) is 0 Å². The number of anilines is 1. The second-order valence-corrected chi connectivity index (χ2v) is 8.03. The van der Waals surface area contributed by atoms with Crippen LogP contribution in [0.3, 0.4) is 0 Å². The Morgan fingerprint density at radius 2 is 1.56 bits per heavy atom. The van der Waals surface area contributed by atoms with Crippen molar-refractivity contribution in [3.8, 4) is 11.5 Å². The van der Waals surface area contributed by atoms with Gasteiger partial charge in [0.15, 0.2) is 18.1 Å². The maximum absolute atomic E-state index is 12.1. The lowest BCUT2D eigenvalue weighted by Crippen LogP contribution is -2.31. The van der Waals surface area contributed by atoms with Gasteiger partial charge in [0, 0.05) is 23.1 Å². The minimum Gasteiger partial charge on any atom is -0.485 e. The first-order chi connectivity index (χ1) is 15.5. The molecule has 0 heterocycles. The highest BCUT2D eigenvalue weighted by Crippen LogP contribution is 2.27. The van der Waals surface area contributed by atoms with E-state index in [-0.39, 0.29) is 31.4 Å². The Kier molecular flexibility index (Phi) is 8.69. The van der Waals surface area contributed by atoms with E-state index in [9.17, 15) is 9.59 Å². The summed E-state index contributed by atoms with van der Waals surface area (Å²) in [6.07, 6.45) is 0.161. The molecule has 166 valence electrons. The molecule has 3 aromatic rings. The number of benzene rings is 3. The molecule has 0 aliphatic rings. The summed E-state index contributed by atoms with van der Waals surface area (Å²) in [4.78, 5) is 24.3. The Balaban J connectivity index is 1.41. The average molecular weight is 497 g/mol. The first-order valence-electron chi connectivity index (χ1n) is 10.2. The smallest absolute Gasteiger partial charge is 0.257 e. The molecule has 7 heteroatoms. The van der Waals surface area contributed by atoms with Gasteiger partial charge >= 0.3 is 0 Å². The van der Waals surface area contributed by atoms with Crippen molar-refractivity contribution in [2.45, 2.75) is 20.0 Å². The molecule has 2 N–H and O–H groups in total. The highest BCUT2D eigenvalue weighted by atomic mass is 79.9. The molecule has 32 heavy (non-hydrogen) atoms. The molecule has 0 spiro atoms. The van der Waals surface area contributed by atoms with Crippen LogP contribution in [0.25, 0.3) is 0 Å². The zero-order valence-electron chi connectivity index (χ0n) is 17.8. The fourth-order valence-corrected chi connectivity index (χ4v) is 3.24. The highest BCUT2D eigenvalue weighted by Gasteiger charge is 2.10. The Morgan fingerprint density at radius 3 is 2.31 bits per heavy atom. The SMILES string of the molecule is Cc1ccc(Br)cc1NC(=O)CCNC(=O)COc1ccccc1OCc1ccccc1. The number of carbonyl (C=O) groups excluding carboxylic acids is 2. The Morgan fingerprint density at radius 1 is 0.875 bits per heavy atom. The largest absolute Gasteiger partial charge is 0.485 e. The first-order valence-corrected chi connectivity index (χ1v) is 11.0. The van der Waals surface area contributed by atoms with Crippen LogP contribution in [0.2, 0.25) is 0 Å². The summed E-state index contributed by atoms with van der Waals surface area (Å²) in [7, 11) is 0. The second-order valence-electron chi connectivity index (χ2n) is 7.12. The van der Waals surface area contributed by atoms with Crippen LogP contribution in [0.15, 0.2) is 77.3 Å². The van der Waals surface area contributed by atoms with Gasteiger partial charge in [-0.1, -0.05) is 64.5 Å². The number of hydrogen-bond acceptors (Lipinski definition) is 4. The van der Waals surface area contributed by atoms with Crippen molar-refractivity contribution in [1.29, 1.82) is 0 Å². The minimum absolute atomic E-state index is 0.161. The third kappa shape index (κ3) is 7.42. The lowest BCUT2D eigenvalue weighted by Gasteiger charge is -2.13. The van der Waals surface area contributed by atoms with Crippen molar-refractivity contribution in [3.05, 3.63) is 88.4 Å². The van der Waals surface area contributed by atoms with E-state index in [2.05, 4.69) is 26.6 Å². The number of amides is 2. The van der Waals surface area contributed by atoms with E-state index in [0.29, 0.717) is 18.1 Å². The molecule has 2 amide bonds. The first kappa shape index (κ1) is 23.3. The topological polar surface area (TPSA) is 76.7 Å². The van der Waals surface area contributed by atoms with E-state index in [4.69, 9.17) is 9.47 Å². The van der Waals surface area contributed by atoms with Crippen LogP contribution in [0.5, 0.6) is 11.5 Å². The van der Waals surface area contributed by atoms with Gasteiger partial charge in [-0.3, -0.25) is 9.59 Å². The van der Waals surface area contributed by atoms with Crippen molar-refractivity contribution in [2.75, 3.05) is 18.5 Å². The summed E-state index contributed by atoms with van der Waals surface area (Å²) in [5.41, 5.74) is 2.75. The molecule has 0 radical (unpaired) electrons. The molecule has 0 aromatic heterocycles. The van der Waals surface area contributed by atoms with Gasteiger partial charge < -0.3 is 20.1 Å². The van der Waals surface area contributed by atoms with Gasteiger partial charge in [-0.2, -0.15) is 0 Å². The van der Waals surface area contributed by atoms with Crippen molar-refractivity contribution in [1.82, 2.24) is 5.32 Å². The van der Waals surface area contributed by atoms with Gasteiger partial charge in [-0.15, -0.1) is 0 Å². The molecule has 0 unspecified atom stereocenters. The lowest BCUT2D eigenvalue weighted by molar-refractivity contribution is -0.123. The average Bonchev–Trinajstić information content (AvgIpc) is 2.80. The summed E-state index contributed by atoms with van der Waals surface area (Å²) in [5, 5.41) is 5.55. The monoisotopic (exact) mass is 496 g/mol. The van der Waals surface area contributed by atoms with Gasteiger partial charge in [0.2, 0.25) is 5.91 Å². The zero-order valence-corrected chi connectivity index (χ0v) is 19.4. The van der Waals surface area contributed by atoms with E-state index < -0.39 is 0 Å². The highest BCUT2D eigenvalue weighted by molar-refractivity contribution is 9.10. The standard InChI is InChI=1S/C25H25BrN2O4/c1-18-11-12-20(26)15-21(18)28-24(29)13-14-27-25(30)17-32-23-10-6-5-9-22(23)31-16-19-7-3-2-4-8-19/h2-12,15H,13-14,16-17H2,1H3,(H,27,30)(H,28,29). The number of rotatable bonds is 10. The van der Waals surface area contributed by atoms with E-state index >= 15 is 0 Å². The molecular formula is C25H25BrN2O4. The Labute approximate surface area is 196 Å². The van der Waals surface area contributed by atoms with Gasteiger partial charge in [-0.25, -0.2) is 0 Å². The summed E-state index contributed by atoms with van der Waals surface area (Å²) in [6, 6.07) is 22.7. The van der Waals surface area contributed by atoms with Gasteiger partial charge in [0.1, 0.15) is 6.61 Å². The Bertz CT molecular complexity index is 1060. The van der Waals surface area contributed by atoms with Gasteiger partial charge in [0.25, 0.3) is 5.91 Å². The normalized spacial score (nSPS) is 10.3. The summed E-state index contributed by atoms with van der Waals surface area (Å²) >= 11 is 3.39. The van der Waals surface area contributed by atoms with Crippen LogP contribution >= 0.6 is 15.9 Å². The zero-order chi connectivity index (χ0) is 22.8. The number of carbonyl (C=O) groups is 2. The molecule has 0 atom stereocenters. The van der Waals surface area contributed by atoms with E-state index in [1.54, 1.807) is 12.1 Å². The number of nitrogens with one attached hydrogen (secondary N) is 2. The predicted octanol–water partition coefficient (Wildman–Crippen LogP) is 4.86. The summed E-state index contributed by atoms with van der Waals surface area (Å²) < 4.78 is 12.3. The molecule has 0 aliphatic heterocycles. The maximum Gasteiger partial charge on any atom is 0.257 e. The fraction of sp³-hybridized carbons (Fsp3) is 0.200. The van der Waals surface area contributed by atoms with Crippen LogP contribution in [-0.2, 0) is 16.2 Å². The number of hydrogen-bond donors (Lipinski definition) is 2. The molecular weight excluding hydrogens is 472 g/mol. The molecule has 3 aromatic carbocycles. The van der Waals surface area contributed by atoms with Crippen molar-refractivity contribution in [2.24, 2.45) is 0 Å². The minimum atomic E-state index is -0.311. The number of aryl methyl sites for hydroxylation is 1. The van der Waals surface area contributed by atoms with Crippen LogP contribution in [0.1, 0.15) is 17.5 Å². The van der Waals surface area contributed by atoms with E-state index in [1.165, 1.54) is 0 Å². The van der Waals surface area contributed by atoms with Crippen LogP contribution in [0, 0.1) is 6.92 Å². The predicted molar refractivity (Wildman–Crippen MR) is 128 cm³/mol. The summed E-state index contributed by atoms with van der Waals surface area (Å²) in [5.74, 6) is 0.566. The molecule has 0 bridgehead atoms. The quantitative estimate of drug-likeness (QED) is 0.420.